The van der Waals surface area contributed by atoms with Gasteiger partial charge < -0.3 is 14.5 Å². The van der Waals surface area contributed by atoms with Gasteiger partial charge in [-0.15, -0.1) is 10.2 Å². The highest BCUT2D eigenvalue weighted by Crippen LogP contribution is 2.44. The van der Waals surface area contributed by atoms with Crippen LogP contribution < -0.4 is 4.90 Å². The summed E-state index contributed by atoms with van der Waals surface area (Å²) in [5.74, 6) is -0.0265. The average Bonchev–Trinajstić information content (AvgIpc) is 3.33. The molecule has 2 aliphatic heterocycles. The van der Waals surface area contributed by atoms with E-state index in [0.29, 0.717) is 0 Å². The van der Waals surface area contributed by atoms with Gasteiger partial charge in [-0.1, -0.05) is 30.3 Å². The number of fused-ring (bicyclic) bond motifs is 1. The van der Waals surface area contributed by atoms with Crippen molar-refractivity contribution >= 4 is 17.3 Å². The number of hydrogen-bond donors (Lipinski definition) is 0. The number of carbonyl (C=O) groups is 1. The third-order valence-corrected chi connectivity index (χ3v) is 6.27. The number of likely N-dealkylation sites (N-methyl/N-ethyl adjacent to an activating group) is 1. The molecule has 0 amide bonds. The molecular weight excluding hydrogens is 380 g/mol. The molecule has 30 heavy (non-hydrogen) atoms. The van der Waals surface area contributed by atoms with Gasteiger partial charge in [-0.2, -0.15) is 9.61 Å². The second-order valence-corrected chi connectivity index (χ2v) is 8.64. The van der Waals surface area contributed by atoms with Gasteiger partial charge in [0.15, 0.2) is 0 Å². The number of benzene rings is 1. The molecule has 0 radical (unpaired) electrons. The summed E-state index contributed by atoms with van der Waals surface area (Å²) >= 11 is 0. The van der Waals surface area contributed by atoms with E-state index >= 15 is 0 Å². The highest BCUT2D eigenvalue weighted by molar-refractivity contribution is 5.80. The maximum Gasteiger partial charge on any atom is 0.312 e. The Morgan fingerprint density at radius 1 is 1.20 bits per heavy atom. The van der Waals surface area contributed by atoms with Gasteiger partial charge in [-0.3, -0.25) is 4.79 Å². The lowest BCUT2D eigenvalue weighted by Crippen LogP contribution is -2.43. The Kier molecular flexibility index (Phi) is 4.66. The number of anilines is 1. The van der Waals surface area contributed by atoms with Gasteiger partial charge in [0.1, 0.15) is 12.4 Å². The Hall–Kier alpha value is -3.00. The number of esters is 1. The molecule has 8 nitrogen and oxygen atoms in total. The van der Waals surface area contributed by atoms with Gasteiger partial charge in [-0.25, -0.2) is 0 Å². The van der Waals surface area contributed by atoms with Gasteiger partial charge >= 0.3 is 5.97 Å². The molecule has 0 saturated carbocycles. The second-order valence-electron chi connectivity index (χ2n) is 8.64. The summed E-state index contributed by atoms with van der Waals surface area (Å²) in [6.07, 6.45) is 4.02. The zero-order valence-corrected chi connectivity index (χ0v) is 17.4. The van der Waals surface area contributed by atoms with Gasteiger partial charge in [0.25, 0.3) is 0 Å². The first-order valence-electron chi connectivity index (χ1n) is 10.4. The van der Waals surface area contributed by atoms with Crippen LogP contribution in [-0.4, -0.2) is 70.5 Å². The summed E-state index contributed by atoms with van der Waals surface area (Å²) < 4.78 is 7.44. The second kappa shape index (κ2) is 7.36. The molecule has 4 heterocycles. The fourth-order valence-electron chi connectivity index (χ4n) is 4.72. The molecule has 1 atom stereocenters. The number of cyclic esters (lactones) is 1. The molecule has 1 spiro atoms. The lowest BCUT2D eigenvalue weighted by Gasteiger charge is -2.37. The molecule has 1 unspecified atom stereocenters. The van der Waals surface area contributed by atoms with Crippen molar-refractivity contribution in [2.75, 3.05) is 38.6 Å². The Morgan fingerprint density at radius 2 is 1.97 bits per heavy atom. The van der Waals surface area contributed by atoms with E-state index in [1.165, 1.54) is 0 Å². The minimum Gasteiger partial charge on any atom is -0.461 e. The number of nitrogens with zero attached hydrogens (tertiary/aromatic N) is 6. The van der Waals surface area contributed by atoms with Crippen molar-refractivity contribution in [1.29, 1.82) is 0 Å². The molecule has 0 N–H and O–H groups in total. The predicted octanol–water partition coefficient (Wildman–Crippen LogP) is 2.25. The van der Waals surface area contributed by atoms with Crippen molar-refractivity contribution in [1.82, 2.24) is 24.7 Å². The molecule has 0 aliphatic carbocycles. The van der Waals surface area contributed by atoms with Gasteiger partial charge in [-0.05, 0) is 33.0 Å². The first-order chi connectivity index (χ1) is 14.5. The molecule has 3 aromatic rings. The Morgan fingerprint density at radius 3 is 2.70 bits per heavy atom. The molecule has 0 bridgehead atoms. The smallest absolute Gasteiger partial charge is 0.312 e. The van der Waals surface area contributed by atoms with E-state index < -0.39 is 0 Å². The normalized spacial score (nSPS) is 21.0. The summed E-state index contributed by atoms with van der Waals surface area (Å²) in [4.78, 5) is 17.1. The Labute approximate surface area is 175 Å². The van der Waals surface area contributed by atoms with E-state index in [2.05, 4.69) is 31.2 Å². The summed E-state index contributed by atoms with van der Waals surface area (Å²) in [6, 6.07) is 12.2. The number of aromatic nitrogens is 4. The summed E-state index contributed by atoms with van der Waals surface area (Å²) in [5, 5.41) is 13.0. The first kappa shape index (κ1) is 19.0. The number of hydrogen-bond acceptors (Lipinski definition) is 7. The molecule has 2 fully saturated rings. The van der Waals surface area contributed by atoms with E-state index in [-0.39, 0.29) is 17.5 Å². The third kappa shape index (κ3) is 3.31. The van der Waals surface area contributed by atoms with Crippen molar-refractivity contribution < 1.29 is 9.53 Å². The van der Waals surface area contributed by atoms with Gasteiger partial charge in [0.05, 0.1) is 16.8 Å². The maximum atomic E-state index is 12.7. The molecule has 2 aliphatic rings. The fraction of sp³-hybridized carbons (Fsp3) is 0.455. The van der Waals surface area contributed by atoms with Crippen LogP contribution in [0.3, 0.4) is 0 Å². The van der Waals surface area contributed by atoms with Crippen molar-refractivity contribution in [3.63, 3.8) is 0 Å². The highest BCUT2D eigenvalue weighted by atomic mass is 16.6. The molecular formula is C22H26N6O2. The third-order valence-electron chi connectivity index (χ3n) is 6.27. The van der Waals surface area contributed by atoms with E-state index in [0.717, 1.165) is 61.5 Å². The quantitative estimate of drug-likeness (QED) is 0.615. The van der Waals surface area contributed by atoms with Crippen LogP contribution in [0.5, 0.6) is 0 Å². The summed E-state index contributed by atoms with van der Waals surface area (Å²) in [7, 11) is 4.03. The van der Waals surface area contributed by atoms with Crippen LogP contribution in [0.4, 0.5) is 5.69 Å². The monoisotopic (exact) mass is 406 g/mol. The van der Waals surface area contributed by atoms with Gasteiger partial charge in [0, 0.05) is 31.6 Å². The van der Waals surface area contributed by atoms with Crippen LogP contribution in [-0.2, 0) is 9.53 Å². The minimum absolute atomic E-state index is 0.00661. The SMILES string of the molecule is CN(C)CC1CC2(CCN(c3cc(-c4ccccc4)nn4cnnc34)CC2)C(=O)O1. The minimum atomic E-state index is -0.351. The zero-order chi connectivity index (χ0) is 20.7. The van der Waals surface area contributed by atoms with Crippen molar-refractivity contribution in [2.24, 2.45) is 5.41 Å². The fourth-order valence-corrected chi connectivity index (χ4v) is 4.72. The van der Waals surface area contributed by atoms with Crippen molar-refractivity contribution in [3.8, 4) is 11.3 Å². The molecule has 2 aromatic heterocycles. The average molecular weight is 406 g/mol. The number of carbonyl (C=O) groups excluding carboxylic acids is 1. The maximum absolute atomic E-state index is 12.7. The number of rotatable bonds is 4. The van der Waals surface area contributed by atoms with E-state index in [9.17, 15) is 4.79 Å². The van der Waals surface area contributed by atoms with Crippen LogP contribution in [0, 0.1) is 5.41 Å². The van der Waals surface area contributed by atoms with Crippen molar-refractivity contribution in [3.05, 3.63) is 42.7 Å². The van der Waals surface area contributed by atoms with E-state index in [4.69, 9.17) is 4.74 Å². The number of piperidine rings is 1. The predicted molar refractivity (Wildman–Crippen MR) is 113 cm³/mol. The standard InChI is InChI=1S/C22H26N6O2/c1-26(2)14-17-13-22(21(29)30-17)8-10-27(11-9-22)19-12-18(16-6-4-3-5-7-16)25-28-15-23-24-20(19)28/h3-7,12,15,17H,8-11,13-14H2,1-2H3. The highest BCUT2D eigenvalue weighted by Gasteiger charge is 2.50. The molecule has 1 aromatic carbocycles. The summed E-state index contributed by atoms with van der Waals surface area (Å²) in [5.41, 5.74) is 3.33. The summed E-state index contributed by atoms with van der Waals surface area (Å²) in [6.45, 7) is 2.34. The van der Waals surface area contributed by atoms with Crippen LogP contribution in [0.2, 0.25) is 0 Å². The Balaban J connectivity index is 1.40. The number of ether oxygens (including phenoxy) is 1. The van der Waals surface area contributed by atoms with Crippen LogP contribution in [0.1, 0.15) is 19.3 Å². The van der Waals surface area contributed by atoms with E-state index in [1.54, 1.807) is 10.8 Å². The van der Waals surface area contributed by atoms with Gasteiger partial charge in [0.2, 0.25) is 5.65 Å². The van der Waals surface area contributed by atoms with Crippen LogP contribution in [0.15, 0.2) is 42.7 Å². The largest absolute Gasteiger partial charge is 0.461 e. The van der Waals surface area contributed by atoms with Crippen LogP contribution in [0.25, 0.3) is 16.9 Å². The molecule has 5 rings (SSSR count). The van der Waals surface area contributed by atoms with E-state index in [1.807, 2.05) is 44.4 Å². The van der Waals surface area contributed by atoms with Crippen LogP contribution >= 0.6 is 0 Å². The molecule has 8 heteroatoms. The topological polar surface area (TPSA) is 75.9 Å². The first-order valence-corrected chi connectivity index (χ1v) is 10.4. The lowest BCUT2D eigenvalue weighted by atomic mass is 9.76. The molecule has 2 saturated heterocycles. The Bertz CT molecular complexity index is 1060. The van der Waals surface area contributed by atoms with Crippen molar-refractivity contribution in [2.45, 2.75) is 25.4 Å². The zero-order valence-electron chi connectivity index (χ0n) is 17.4. The lowest BCUT2D eigenvalue weighted by molar-refractivity contribution is -0.150. The molecule has 156 valence electrons.